The van der Waals surface area contributed by atoms with Crippen molar-refractivity contribution in [2.24, 2.45) is 0 Å². The van der Waals surface area contributed by atoms with E-state index in [2.05, 4.69) is 26.6 Å². The van der Waals surface area contributed by atoms with Crippen LogP contribution in [0.3, 0.4) is 0 Å². The van der Waals surface area contributed by atoms with Crippen LogP contribution in [0.2, 0.25) is 0 Å². The summed E-state index contributed by atoms with van der Waals surface area (Å²) in [5.74, 6) is -1.10. The number of anilines is 1. The molecule has 0 saturated carbocycles. The largest absolute Gasteiger partial charge is 0.497 e. The predicted molar refractivity (Wildman–Crippen MR) is 104 cm³/mol. The minimum absolute atomic E-state index is 0.350. The van der Waals surface area contributed by atoms with Crippen molar-refractivity contribution in [3.05, 3.63) is 58.6 Å². The summed E-state index contributed by atoms with van der Waals surface area (Å²) in [6.07, 6.45) is -1.00. The Balaban J connectivity index is 1.80. The summed E-state index contributed by atoms with van der Waals surface area (Å²) in [5.41, 5.74) is 0.931. The molecule has 0 aliphatic heterocycles. The van der Waals surface area contributed by atoms with Crippen molar-refractivity contribution < 1.29 is 23.9 Å². The van der Waals surface area contributed by atoms with Gasteiger partial charge in [0.15, 0.2) is 6.10 Å². The van der Waals surface area contributed by atoms with Crippen LogP contribution in [0.5, 0.6) is 5.75 Å². The molecule has 0 radical (unpaired) electrons. The second kappa shape index (κ2) is 9.72. The molecule has 2 amide bonds. The van der Waals surface area contributed by atoms with Gasteiger partial charge in [0.1, 0.15) is 12.3 Å². The zero-order valence-corrected chi connectivity index (χ0v) is 16.4. The number of carbonyl (C=O) groups excluding carboxylic acids is 3. The van der Waals surface area contributed by atoms with Crippen molar-refractivity contribution in [3.8, 4) is 5.75 Å². The van der Waals surface area contributed by atoms with E-state index in [0.717, 1.165) is 4.47 Å². The number of amides is 2. The number of ether oxygens (including phenoxy) is 2. The molecule has 142 valence electrons. The van der Waals surface area contributed by atoms with Gasteiger partial charge in [-0.1, -0.05) is 22.0 Å². The van der Waals surface area contributed by atoms with Crippen LogP contribution >= 0.6 is 15.9 Å². The van der Waals surface area contributed by atoms with Gasteiger partial charge in [-0.15, -0.1) is 0 Å². The lowest BCUT2D eigenvalue weighted by Crippen LogP contribution is -2.35. The molecule has 2 N–H and O–H groups in total. The van der Waals surface area contributed by atoms with Crippen molar-refractivity contribution in [2.75, 3.05) is 19.0 Å². The predicted octanol–water partition coefficient (Wildman–Crippen LogP) is 2.76. The fourth-order valence-corrected chi connectivity index (χ4v) is 2.35. The van der Waals surface area contributed by atoms with Crippen LogP contribution in [0, 0.1) is 0 Å². The number of carbonyl (C=O) groups is 3. The lowest BCUT2D eigenvalue weighted by Gasteiger charge is -2.14. The van der Waals surface area contributed by atoms with Gasteiger partial charge in [0.2, 0.25) is 0 Å². The van der Waals surface area contributed by atoms with Crippen molar-refractivity contribution in [1.82, 2.24) is 5.32 Å². The third kappa shape index (κ3) is 6.41. The first-order valence-corrected chi connectivity index (χ1v) is 8.86. The summed E-state index contributed by atoms with van der Waals surface area (Å²) in [6.45, 7) is 1.10. The second-order valence-corrected chi connectivity index (χ2v) is 6.46. The van der Waals surface area contributed by atoms with Gasteiger partial charge in [-0.3, -0.25) is 14.4 Å². The van der Waals surface area contributed by atoms with Gasteiger partial charge in [-0.2, -0.15) is 0 Å². The maximum Gasteiger partial charge on any atom is 0.326 e. The first-order chi connectivity index (χ1) is 12.9. The van der Waals surface area contributed by atoms with Gasteiger partial charge in [-0.25, -0.2) is 0 Å². The molecule has 2 aromatic carbocycles. The average molecular weight is 435 g/mol. The normalized spacial score (nSPS) is 11.2. The van der Waals surface area contributed by atoms with Gasteiger partial charge in [0, 0.05) is 15.7 Å². The molecule has 1 unspecified atom stereocenters. The van der Waals surface area contributed by atoms with E-state index < -0.39 is 23.9 Å². The van der Waals surface area contributed by atoms with Gasteiger partial charge in [-0.05, 0) is 49.4 Å². The molecule has 8 heteroatoms. The SMILES string of the molecule is COc1cccc(C(=O)NCC(=O)OC(C)C(=O)Nc2ccc(Br)cc2)c1. The molecular formula is C19H19BrN2O5. The molecule has 0 aliphatic carbocycles. The Hall–Kier alpha value is -2.87. The van der Waals surface area contributed by atoms with Gasteiger partial charge in [0.05, 0.1) is 7.11 Å². The summed E-state index contributed by atoms with van der Waals surface area (Å²) in [5, 5.41) is 5.08. The Morgan fingerprint density at radius 1 is 1.11 bits per heavy atom. The molecule has 1 atom stereocenters. The number of nitrogens with one attached hydrogen (secondary N) is 2. The van der Waals surface area contributed by atoms with Crippen molar-refractivity contribution in [2.45, 2.75) is 13.0 Å². The Kier molecular flexibility index (Phi) is 7.36. The summed E-state index contributed by atoms with van der Waals surface area (Å²) in [6, 6.07) is 13.5. The summed E-state index contributed by atoms with van der Waals surface area (Å²) in [7, 11) is 1.50. The first-order valence-electron chi connectivity index (χ1n) is 8.07. The summed E-state index contributed by atoms with van der Waals surface area (Å²) in [4.78, 5) is 36.0. The van der Waals surface area contributed by atoms with Crippen LogP contribution in [0.25, 0.3) is 0 Å². The standard InChI is InChI=1S/C19H19BrN2O5/c1-12(18(24)22-15-8-6-14(20)7-9-15)27-17(23)11-21-19(25)13-4-3-5-16(10-13)26-2/h3-10,12H,11H2,1-2H3,(H,21,25)(H,22,24). The number of halogens is 1. The van der Waals surface area contributed by atoms with Crippen LogP contribution in [0.4, 0.5) is 5.69 Å². The molecule has 0 heterocycles. The zero-order chi connectivity index (χ0) is 19.8. The molecule has 0 aliphatic rings. The van der Waals surface area contributed by atoms with E-state index in [4.69, 9.17) is 9.47 Å². The smallest absolute Gasteiger partial charge is 0.326 e. The summed E-state index contributed by atoms with van der Waals surface area (Å²) >= 11 is 3.30. The van der Waals surface area contributed by atoms with Gasteiger partial charge in [0.25, 0.3) is 11.8 Å². The molecule has 0 aromatic heterocycles. The van der Waals surface area contributed by atoms with Crippen LogP contribution in [0.15, 0.2) is 53.0 Å². The Morgan fingerprint density at radius 2 is 1.81 bits per heavy atom. The molecule has 27 heavy (non-hydrogen) atoms. The highest BCUT2D eigenvalue weighted by molar-refractivity contribution is 9.10. The Morgan fingerprint density at radius 3 is 2.48 bits per heavy atom. The number of hydrogen-bond donors (Lipinski definition) is 2. The number of esters is 1. The Labute approximate surface area is 165 Å². The number of benzene rings is 2. The maximum atomic E-state index is 12.1. The number of methoxy groups -OCH3 is 1. The van der Waals surface area contributed by atoms with Crippen molar-refractivity contribution in [1.29, 1.82) is 0 Å². The minimum atomic E-state index is -1.00. The fraction of sp³-hybridized carbons (Fsp3) is 0.211. The van der Waals surface area contributed by atoms with Gasteiger partial charge >= 0.3 is 5.97 Å². The van der Waals surface area contributed by atoms with Crippen molar-refractivity contribution in [3.63, 3.8) is 0 Å². The Bertz CT molecular complexity index is 823. The summed E-state index contributed by atoms with van der Waals surface area (Å²) < 4.78 is 11.0. The molecule has 7 nitrogen and oxygen atoms in total. The number of rotatable bonds is 7. The lowest BCUT2D eigenvalue weighted by molar-refractivity contribution is -0.152. The monoisotopic (exact) mass is 434 g/mol. The molecule has 0 saturated heterocycles. The van der Waals surface area contributed by atoms with Crippen molar-refractivity contribution >= 4 is 39.4 Å². The maximum absolute atomic E-state index is 12.1. The first kappa shape index (κ1) is 20.4. The molecule has 2 rings (SSSR count). The highest BCUT2D eigenvalue weighted by Gasteiger charge is 2.18. The molecular weight excluding hydrogens is 416 g/mol. The third-order valence-corrected chi connectivity index (χ3v) is 4.04. The molecule has 0 fully saturated rings. The van der Waals surface area contributed by atoms with Crippen LogP contribution in [0.1, 0.15) is 17.3 Å². The average Bonchev–Trinajstić information content (AvgIpc) is 2.67. The van der Waals surface area contributed by atoms with Crippen LogP contribution in [-0.4, -0.2) is 37.5 Å². The molecule has 2 aromatic rings. The second-order valence-electron chi connectivity index (χ2n) is 5.54. The quantitative estimate of drug-likeness (QED) is 0.653. The highest BCUT2D eigenvalue weighted by Crippen LogP contribution is 2.15. The topological polar surface area (TPSA) is 93.7 Å². The third-order valence-electron chi connectivity index (χ3n) is 3.51. The minimum Gasteiger partial charge on any atom is -0.497 e. The lowest BCUT2D eigenvalue weighted by atomic mass is 10.2. The molecule has 0 spiro atoms. The van der Waals surface area contributed by atoms with E-state index in [1.807, 2.05) is 0 Å². The molecule has 0 bridgehead atoms. The zero-order valence-electron chi connectivity index (χ0n) is 14.8. The fourth-order valence-electron chi connectivity index (χ4n) is 2.09. The van der Waals surface area contributed by atoms with E-state index in [1.54, 1.807) is 48.5 Å². The van der Waals surface area contributed by atoms with E-state index >= 15 is 0 Å². The number of hydrogen-bond acceptors (Lipinski definition) is 5. The van der Waals surface area contributed by atoms with Crippen LogP contribution < -0.4 is 15.4 Å². The van der Waals surface area contributed by atoms with E-state index in [9.17, 15) is 14.4 Å². The van der Waals surface area contributed by atoms with Crippen LogP contribution in [-0.2, 0) is 14.3 Å². The van der Waals surface area contributed by atoms with Gasteiger partial charge < -0.3 is 20.1 Å². The van der Waals surface area contributed by atoms with E-state index in [1.165, 1.54) is 14.0 Å². The van der Waals surface area contributed by atoms with E-state index in [-0.39, 0.29) is 6.54 Å². The van der Waals surface area contributed by atoms with E-state index in [0.29, 0.717) is 17.0 Å². The highest BCUT2D eigenvalue weighted by atomic mass is 79.9.